The van der Waals surface area contributed by atoms with Crippen LogP contribution in [0.1, 0.15) is 43.3 Å². The normalized spacial score (nSPS) is 14.4. The standard InChI is InChI=1S/C26H27N3O6/c1-33-22-8-14(9-23(34-2)24(22)35-3)12-29-13-19(15-4-6-17(25(28)30)20(27)11-15)18-10-16(26(31)32)5-7-21(18)29/h4-11,19H,12-13,27H2,1-3H3,(H2,28,30)(H,31,32). The van der Waals surface area contributed by atoms with Crippen molar-refractivity contribution in [2.75, 3.05) is 38.5 Å². The van der Waals surface area contributed by atoms with Gasteiger partial charge in [0.1, 0.15) is 0 Å². The van der Waals surface area contributed by atoms with Crippen LogP contribution in [0.15, 0.2) is 48.5 Å². The molecule has 3 aromatic rings. The largest absolute Gasteiger partial charge is 0.493 e. The van der Waals surface area contributed by atoms with Gasteiger partial charge in [-0.15, -0.1) is 0 Å². The summed E-state index contributed by atoms with van der Waals surface area (Å²) >= 11 is 0. The van der Waals surface area contributed by atoms with Crippen molar-refractivity contribution in [2.24, 2.45) is 5.73 Å². The topological polar surface area (TPSA) is 137 Å². The number of rotatable bonds is 8. The minimum absolute atomic E-state index is 0.157. The fourth-order valence-corrected chi connectivity index (χ4v) is 4.58. The Hall–Kier alpha value is -4.40. The van der Waals surface area contributed by atoms with Gasteiger partial charge in [0.05, 0.1) is 32.5 Å². The number of carbonyl (C=O) groups excluding carboxylic acids is 1. The Morgan fingerprint density at radius 3 is 2.23 bits per heavy atom. The first kappa shape index (κ1) is 23.7. The van der Waals surface area contributed by atoms with Gasteiger partial charge in [-0.2, -0.15) is 0 Å². The van der Waals surface area contributed by atoms with Crippen molar-refractivity contribution in [1.29, 1.82) is 0 Å². The molecule has 0 radical (unpaired) electrons. The lowest BCUT2D eigenvalue weighted by Gasteiger charge is -2.22. The summed E-state index contributed by atoms with van der Waals surface area (Å²) in [7, 11) is 4.68. The maximum absolute atomic E-state index is 11.7. The molecular weight excluding hydrogens is 450 g/mol. The first-order valence-electron chi connectivity index (χ1n) is 10.9. The Balaban J connectivity index is 1.75. The molecule has 0 fully saturated rings. The molecular formula is C26H27N3O6. The molecule has 1 aliphatic heterocycles. The lowest BCUT2D eigenvalue weighted by atomic mass is 9.91. The van der Waals surface area contributed by atoms with Gasteiger partial charge >= 0.3 is 5.97 Å². The second kappa shape index (κ2) is 9.46. The Morgan fingerprint density at radius 2 is 1.69 bits per heavy atom. The zero-order valence-electron chi connectivity index (χ0n) is 19.7. The molecule has 1 unspecified atom stereocenters. The van der Waals surface area contributed by atoms with Crippen LogP contribution in [-0.2, 0) is 6.54 Å². The number of carbonyl (C=O) groups is 2. The highest BCUT2D eigenvalue weighted by atomic mass is 16.5. The summed E-state index contributed by atoms with van der Waals surface area (Å²) in [6.07, 6.45) is 0. The van der Waals surface area contributed by atoms with Crippen LogP contribution in [0.4, 0.5) is 11.4 Å². The second-order valence-corrected chi connectivity index (χ2v) is 8.26. The Kier molecular flexibility index (Phi) is 6.42. The molecule has 5 N–H and O–H groups in total. The number of nitrogens with zero attached hydrogens (tertiary/aromatic N) is 1. The fraction of sp³-hybridized carbons (Fsp3) is 0.231. The number of fused-ring (bicyclic) bond motifs is 1. The van der Waals surface area contributed by atoms with Gasteiger partial charge in [-0.1, -0.05) is 6.07 Å². The molecule has 0 spiro atoms. The number of hydrogen-bond acceptors (Lipinski definition) is 7. The maximum atomic E-state index is 11.7. The highest BCUT2D eigenvalue weighted by molar-refractivity contribution is 5.98. The first-order chi connectivity index (χ1) is 16.8. The monoisotopic (exact) mass is 477 g/mol. The number of benzene rings is 3. The molecule has 0 saturated carbocycles. The lowest BCUT2D eigenvalue weighted by Crippen LogP contribution is -2.22. The molecule has 0 bridgehead atoms. The summed E-state index contributed by atoms with van der Waals surface area (Å²) in [4.78, 5) is 25.4. The number of hydrogen-bond donors (Lipinski definition) is 3. The molecule has 1 amide bonds. The molecule has 9 nitrogen and oxygen atoms in total. The molecule has 1 heterocycles. The van der Waals surface area contributed by atoms with E-state index in [1.165, 1.54) is 0 Å². The van der Waals surface area contributed by atoms with Crippen LogP contribution < -0.4 is 30.6 Å². The lowest BCUT2D eigenvalue weighted by molar-refractivity contribution is 0.0696. The third-order valence-electron chi connectivity index (χ3n) is 6.23. The number of carboxylic acids is 1. The van der Waals surface area contributed by atoms with Crippen LogP contribution in [0, 0.1) is 0 Å². The van der Waals surface area contributed by atoms with E-state index in [0.29, 0.717) is 30.3 Å². The SMILES string of the molecule is COc1cc(CN2CC(c3ccc(C(N)=O)c(N)c3)c3cc(C(=O)O)ccc32)cc(OC)c1OC. The number of amides is 1. The van der Waals surface area contributed by atoms with E-state index < -0.39 is 11.9 Å². The Morgan fingerprint density at radius 1 is 1.00 bits per heavy atom. The van der Waals surface area contributed by atoms with Crippen LogP contribution in [0.3, 0.4) is 0 Å². The number of carboxylic acid groups (broad SMARTS) is 1. The van der Waals surface area contributed by atoms with Crippen molar-refractivity contribution in [3.63, 3.8) is 0 Å². The number of methoxy groups -OCH3 is 3. The van der Waals surface area contributed by atoms with Gasteiger partial charge in [0, 0.05) is 30.4 Å². The summed E-state index contributed by atoms with van der Waals surface area (Å²) in [5.41, 5.74) is 15.8. The number of primary amides is 1. The maximum Gasteiger partial charge on any atom is 0.335 e. The minimum Gasteiger partial charge on any atom is -0.493 e. The van der Waals surface area contributed by atoms with Gasteiger partial charge in [0.15, 0.2) is 11.5 Å². The third kappa shape index (κ3) is 4.40. The van der Waals surface area contributed by atoms with Gasteiger partial charge in [-0.3, -0.25) is 4.79 Å². The number of nitrogen functional groups attached to an aromatic ring is 1. The zero-order valence-corrected chi connectivity index (χ0v) is 19.7. The van der Waals surface area contributed by atoms with Crippen molar-refractivity contribution in [1.82, 2.24) is 0 Å². The minimum atomic E-state index is -1.00. The van der Waals surface area contributed by atoms with Crippen molar-refractivity contribution < 1.29 is 28.9 Å². The molecule has 182 valence electrons. The van der Waals surface area contributed by atoms with Crippen LogP contribution in [0.25, 0.3) is 0 Å². The highest BCUT2D eigenvalue weighted by Crippen LogP contribution is 2.44. The van der Waals surface area contributed by atoms with Gasteiger partial charge in [-0.05, 0) is 59.2 Å². The molecule has 4 rings (SSSR count). The smallest absolute Gasteiger partial charge is 0.335 e. The van der Waals surface area contributed by atoms with E-state index in [4.69, 9.17) is 25.7 Å². The van der Waals surface area contributed by atoms with Gasteiger partial charge in [0.25, 0.3) is 5.91 Å². The van der Waals surface area contributed by atoms with Gasteiger partial charge < -0.3 is 35.7 Å². The predicted octanol–water partition coefficient (Wildman–Crippen LogP) is 3.24. The molecule has 9 heteroatoms. The summed E-state index contributed by atoms with van der Waals surface area (Å²) in [6.45, 7) is 1.09. The molecule has 0 saturated heterocycles. The number of anilines is 2. The molecule has 0 aliphatic carbocycles. The van der Waals surface area contributed by atoms with Crippen LogP contribution in [-0.4, -0.2) is 44.9 Å². The first-order valence-corrected chi connectivity index (χ1v) is 10.9. The Bertz CT molecular complexity index is 1280. The van der Waals surface area contributed by atoms with Gasteiger partial charge in [0.2, 0.25) is 5.75 Å². The summed E-state index contributed by atoms with van der Waals surface area (Å²) in [6, 6.07) is 14.0. The third-order valence-corrected chi connectivity index (χ3v) is 6.23. The summed E-state index contributed by atoms with van der Waals surface area (Å²) in [5.74, 6) is -0.149. The number of nitrogens with two attached hydrogens (primary N) is 2. The van der Waals surface area contributed by atoms with E-state index in [-0.39, 0.29) is 22.7 Å². The quantitative estimate of drug-likeness (QED) is 0.421. The van der Waals surface area contributed by atoms with Gasteiger partial charge in [-0.25, -0.2) is 4.79 Å². The molecule has 1 atom stereocenters. The molecule has 0 aromatic heterocycles. The van der Waals surface area contributed by atoms with Crippen LogP contribution in [0.5, 0.6) is 17.2 Å². The van der Waals surface area contributed by atoms with Crippen molar-refractivity contribution >= 4 is 23.3 Å². The van der Waals surface area contributed by atoms with Crippen molar-refractivity contribution in [3.8, 4) is 17.2 Å². The molecule has 3 aromatic carbocycles. The van der Waals surface area contributed by atoms with E-state index in [2.05, 4.69) is 4.90 Å². The van der Waals surface area contributed by atoms with Crippen molar-refractivity contribution in [3.05, 3.63) is 76.3 Å². The molecule has 1 aliphatic rings. The Labute approximate surface area is 202 Å². The number of aromatic carboxylic acids is 1. The predicted molar refractivity (Wildman–Crippen MR) is 132 cm³/mol. The van der Waals surface area contributed by atoms with Crippen molar-refractivity contribution in [2.45, 2.75) is 12.5 Å². The van der Waals surface area contributed by atoms with E-state index in [0.717, 1.165) is 22.4 Å². The molecule has 35 heavy (non-hydrogen) atoms. The van der Waals surface area contributed by atoms with E-state index in [1.54, 1.807) is 51.7 Å². The number of ether oxygens (including phenoxy) is 3. The average molecular weight is 478 g/mol. The fourth-order valence-electron chi connectivity index (χ4n) is 4.58. The summed E-state index contributed by atoms with van der Waals surface area (Å²) in [5, 5.41) is 9.56. The van der Waals surface area contributed by atoms with E-state index in [9.17, 15) is 14.7 Å². The van der Waals surface area contributed by atoms with Crippen LogP contribution >= 0.6 is 0 Å². The van der Waals surface area contributed by atoms with Crippen LogP contribution in [0.2, 0.25) is 0 Å². The van der Waals surface area contributed by atoms with E-state index >= 15 is 0 Å². The van der Waals surface area contributed by atoms with E-state index in [1.807, 2.05) is 18.2 Å². The second-order valence-electron chi connectivity index (χ2n) is 8.26. The zero-order chi connectivity index (χ0) is 25.3. The summed E-state index contributed by atoms with van der Waals surface area (Å²) < 4.78 is 16.4. The average Bonchev–Trinajstić information content (AvgIpc) is 3.20. The highest BCUT2D eigenvalue weighted by Gasteiger charge is 2.31.